The molecule has 1 amide bonds. The molecule has 1 N–H and O–H groups in total. The van der Waals surface area contributed by atoms with Crippen molar-refractivity contribution in [1.82, 2.24) is 14.8 Å². The first kappa shape index (κ1) is 21.9. The largest absolute Gasteiger partial charge is 0.355 e. The van der Waals surface area contributed by atoms with Gasteiger partial charge in [-0.05, 0) is 45.2 Å². The van der Waals surface area contributed by atoms with Gasteiger partial charge in [0.1, 0.15) is 0 Å². The molecule has 5 nitrogen and oxygen atoms in total. The van der Waals surface area contributed by atoms with Crippen LogP contribution in [0, 0.1) is 0 Å². The van der Waals surface area contributed by atoms with Crippen molar-refractivity contribution in [2.75, 3.05) is 25.4 Å². The fourth-order valence-corrected chi connectivity index (χ4v) is 5.17. The quantitative estimate of drug-likeness (QED) is 0.499. The Labute approximate surface area is 177 Å². The molecule has 2 heterocycles. The molecule has 1 aromatic heterocycles. The Bertz CT molecular complexity index is 880. The number of rotatable bonds is 9. The van der Waals surface area contributed by atoms with Gasteiger partial charge < -0.3 is 14.8 Å². The summed E-state index contributed by atoms with van der Waals surface area (Å²) in [6.45, 7) is 7.85. The second-order valence-electron chi connectivity index (χ2n) is 7.69. The number of carbonyl (C=O) groups is 1. The number of hydrogen-bond donors (Lipinski definition) is 1. The molecular weight excluding hydrogens is 382 g/mol. The molecular formula is C23H33N3O2S. The fourth-order valence-electron chi connectivity index (χ4n) is 4.27. The van der Waals surface area contributed by atoms with Crippen LogP contribution < -0.4 is 10.9 Å². The van der Waals surface area contributed by atoms with Gasteiger partial charge in [-0.3, -0.25) is 9.59 Å². The number of fused-ring (bicyclic) bond motifs is 1. The van der Waals surface area contributed by atoms with E-state index in [4.69, 9.17) is 0 Å². The van der Waals surface area contributed by atoms with Crippen molar-refractivity contribution in [2.45, 2.75) is 63.4 Å². The number of benzene rings is 1. The number of aromatic nitrogens is 1. The van der Waals surface area contributed by atoms with Crippen LogP contribution in [0.2, 0.25) is 0 Å². The van der Waals surface area contributed by atoms with Crippen LogP contribution in [0.1, 0.15) is 46.0 Å². The summed E-state index contributed by atoms with van der Waals surface area (Å²) in [4.78, 5) is 28.2. The summed E-state index contributed by atoms with van der Waals surface area (Å²) >= 11 is 1.45. The summed E-state index contributed by atoms with van der Waals surface area (Å²) in [5.74, 6) is 0.366. The molecule has 1 aromatic carbocycles. The molecule has 0 aliphatic carbocycles. The van der Waals surface area contributed by atoms with Gasteiger partial charge >= 0.3 is 0 Å². The molecule has 6 heteroatoms. The SMILES string of the molecule is CCC1CCCCN1CCCNC(=O)CSc1cc(=O)n(CC)c2ccccc12. The van der Waals surface area contributed by atoms with E-state index in [0.717, 1.165) is 28.8 Å². The first-order valence-corrected chi connectivity index (χ1v) is 11.9. The van der Waals surface area contributed by atoms with Crippen LogP contribution in [0.15, 0.2) is 40.0 Å². The van der Waals surface area contributed by atoms with Crippen molar-refractivity contribution in [3.63, 3.8) is 0 Å². The summed E-state index contributed by atoms with van der Waals surface area (Å²) in [6.07, 6.45) is 6.16. The average molecular weight is 416 g/mol. The highest BCUT2D eigenvalue weighted by atomic mass is 32.2. The normalized spacial score (nSPS) is 17.5. The first-order valence-electron chi connectivity index (χ1n) is 10.9. The molecule has 1 saturated heterocycles. The molecule has 1 aliphatic rings. The Kier molecular flexibility index (Phi) is 8.19. The summed E-state index contributed by atoms with van der Waals surface area (Å²) in [6, 6.07) is 10.3. The van der Waals surface area contributed by atoms with E-state index in [2.05, 4.69) is 17.1 Å². The Morgan fingerprint density at radius 3 is 2.86 bits per heavy atom. The highest BCUT2D eigenvalue weighted by Crippen LogP contribution is 2.26. The van der Waals surface area contributed by atoms with Gasteiger partial charge in [-0.15, -0.1) is 11.8 Å². The lowest BCUT2D eigenvalue weighted by Crippen LogP contribution is -2.40. The Balaban J connectivity index is 1.49. The van der Waals surface area contributed by atoms with E-state index in [1.54, 1.807) is 10.6 Å². The molecule has 0 bridgehead atoms. The van der Waals surface area contributed by atoms with Gasteiger partial charge in [-0.1, -0.05) is 31.5 Å². The second-order valence-corrected chi connectivity index (χ2v) is 8.71. The number of nitrogens with zero attached hydrogens (tertiary/aromatic N) is 2. The average Bonchev–Trinajstić information content (AvgIpc) is 2.75. The van der Waals surface area contributed by atoms with Gasteiger partial charge in [0.2, 0.25) is 5.91 Å². The zero-order valence-electron chi connectivity index (χ0n) is 17.7. The zero-order chi connectivity index (χ0) is 20.6. The Morgan fingerprint density at radius 2 is 2.07 bits per heavy atom. The highest BCUT2D eigenvalue weighted by molar-refractivity contribution is 8.00. The van der Waals surface area contributed by atoms with E-state index >= 15 is 0 Å². The number of likely N-dealkylation sites (tertiary alicyclic amines) is 1. The summed E-state index contributed by atoms with van der Waals surface area (Å²) in [7, 11) is 0. The van der Waals surface area contributed by atoms with Crippen LogP contribution in [0.4, 0.5) is 0 Å². The number of piperidine rings is 1. The minimum absolute atomic E-state index is 0.0129. The molecule has 2 aromatic rings. The third-order valence-corrected chi connectivity index (χ3v) is 6.88. The number of nitrogens with one attached hydrogen (secondary N) is 1. The summed E-state index contributed by atoms with van der Waals surface area (Å²) < 4.78 is 1.77. The predicted octanol–water partition coefficient (Wildman–Crippen LogP) is 3.88. The van der Waals surface area contributed by atoms with Gasteiger partial charge in [0.05, 0.1) is 11.3 Å². The number of aryl methyl sites for hydroxylation is 1. The van der Waals surface area contributed by atoms with Gasteiger partial charge in [0, 0.05) is 42.0 Å². The first-order chi connectivity index (χ1) is 14.1. The smallest absolute Gasteiger partial charge is 0.252 e. The maximum Gasteiger partial charge on any atom is 0.252 e. The van der Waals surface area contributed by atoms with Crippen molar-refractivity contribution >= 4 is 28.6 Å². The van der Waals surface area contributed by atoms with Gasteiger partial charge in [-0.25, -0.2) is 0 Å². The number of para-hydroxylation sites is 1. The van der Waals surface area contributed by atoms with Crippen LogP contribution in [0.25, 0.3) is 10.9 Å². The van der Waals surface area contributed by atoms with Crippen LogP contribution in [0.3, 0.4) is 0 Å². The van der Waals surface area contributed by atoms with Crippen molar-refractivity contribution < 1.29 is 4.79 Å². The molecule has 1 fully saturated rings. The minimum atomic E-state index is -0.0129. The fraction of sp³-hybridized carbons (Fsp3) is 0.565. The lowest BCUT2D eigenvalue weighted by molar-refractivity contribution is -0.118. The predicted molar refractivity (Wildman–Crippen MR) is 122 cm³/mol. The van der Waals surface area contributed by atoms with E-state index in [1.807, 2.05) is 31.2 Å². The third kappa shape index (κ3) is 5.64. The molecule has 1 atom stereocenters. The van der Waals surface area contributed by atoms with Crippen LogP contribution >= 0.6 is 11.8 Å². The molecule has 0 spiro atoms. The molecule has 29 heavy (non-hydrogen) atoms. The minimum Gasteiger partial charge on any atom is -0.355 e. The van der Waals surface area contributed by atoms with Crippen LogP contribution in [-0.2, 0) is 11.3 Å². The molecule has 0 saturated carbocycles. The van der Waals surface area contributed by atoms with E-state index < -0.39 is 0 Å². The number of pyridine rings is 1. The number of thioether (sulfide) groups is 1. The number of carbonyl (C=O) groups excluding carboxylic acids is 1. The van der Waals surface area contributed by atoms with Crippen molar-refractivity contribution in [2.24, 2.45) is 0 Å². The Morgan fingerprint density at radius 1 is 1.24 bits per heavy atom. The second kappa shape index (κ2) is 10.8. The molecule has 158 valence electrons. The lowest BCUT2D eigenvalue weighted by Gasteiger charge is -2.35. The summed E-state index contributed by atoms with van der Waals surface area (Å²) in [5.41, 5.74) is 0.915. The van der Waals surface area contributed by atoms with Gasteiger partial charge in [0.25, 0.3) is 5.56 Å². The third-order valence-electron chi connectivity index (χ3n) is 5.82. The molecule has 1 aliphatic heterocycles. The van der Waals surface area contributed by atoms with E-state index in [1.165, 1.54) is 44.0 Å². The zero-order valence-corrected chi connectivity index (χ0v) is 18.5. The molecule has 1 unspecified atom stereocenters. The van der Waals surface area contributed by atoms with Gasteiger partial charge in [-0.2, -0.15) is 0 Å². The van der Waals surface area contributed by atoms with Crippen molar-refractivity contribution in [3.05, 3.63) is 40.7 Å². The topological polar surface area (TPSA) is 54.3 Å². The standard InChI is InChI=1S/C23H33N3O2S/c1-3-18-10-7-8-14-25(18)15-9-13-24-22(27)17-29-21-16-23(28)26(4-2)20-12-6-5-11-19(20)21/h5-6,11-12,16,18H,3-4,7-10,13-15,17H2,1-2H3,(H,24,27). The summed E-state index contributed by atoms with van der Waals surface area (Å²) in [5, 5.41) is 4.07. The number of amides is 1. The molecule has 3 rings (SSSR count). The number of hydrogen-bond acceptors (Lipinski definition) is 4. The van der Waals surface area contributed by atoms with E-state index in [-0.39, 0.29) is 11.5 Å². The Hall–Kier alpha value is -1.79. The van der Waals surface area contributed by atoms with E-state index in [9.17, 15) is 9.59 Å². The van der Waals surface area contributed by atoms with Crippen LogP contribution in [0.5, 0.6) is 0 Å². The maximum atomic E-state index is 12.4. The van der Waals surface area contributed by atoms with Crippen molar-refractivity contribution in [3.8, 4) is 0 Å². The maximum absolute atomic E-state index is 12.4. The molecule has 0 radical (unpaired) electrons. The highest BCUT2D eigenvalue weighted by Gasteiger charge is 2.19. The van der Waals surface area contributed by atoms with Gasteiger partial charge in [0.15, 0.2) is 0 Å². The van der Waals surface area contributed by atoms with Crippen LogP contribution in [-0.4, -0.2) is 46.8 Å². The lowest BCUT2D eigenvalue weighted by atomic mass is 10.00. The van der Waals surface area contributed by atoms with Crippen molar-refractivity contribution in [1.29, 1.82) is 0 Å². The van der Waals surface area contributed by atoms with E-state index in [0.29, 0.717) is 24.9 Å². The monoisotopic (exact) mass is 415 g/mol.